The molecule has 2 amide bonds. The average molecular weight is 481 g/mol. The van der Waals surface area contributed by atoms with E-state index in [9.17, 15) is 14.0 Å². The molecule has 3 aromatic carbocycles. The molecule has 0 fully saturated rings. The van der Waals surface area contributed by atoms with Crippen LogP contribution in [0.5, 0.6) is 0 Å². The van der Waals surface area contributed by atoms with Crippen molar-refractivity contribution in [1.82, 2.24) is 4.90 Å². The van der Waals surface area contributed by atoms with Gasteiger partial charge in [0.1, 0.15) is 12.4 Å². The summed E-state index contributed by atoms with van der Waals surface area (Å²) in [6, 6.07) is 20.7. The number of halogens is 2. The van der Waals surface area contributed by atoms with Crippen LogP contribution in [0, 0.1) is 5.82 Å². The first-order valence-electron chi connectivity index (χ1n) is 10.2. The van der Waals surface area contributed by atoms with Crippen molar-refractivity contribution in [2.24, 2.45) is 0 Å². The van der Waals surface area contributed by atoms with E-state index in [1.807, 2.05) is 55.5 Å². The van der Waals surface area contributed by atoms with Crippen LogP contribution in [0.4, 0.5) is 10.1 Å². The minimum atomic E-state index is -0.530. The Morgan fingerprint density at radius 2 is 1.84 bits per heavy atom. The Morgan fingerprint density at radius 1 is 1.13 bits per heavy atom. The van der Waals surface area contributed by atoms with Gasteiger partial charge in [-0.1, -0.05) is 65.3 Å². The lowest BCUT2D eigenvalue weighted by atomic mass is 9.91. The van der Waals surface area contributed by atoms with E-state index >= 15 is 0 Å². The molecule has 0 radical (unpaired) electrons. The third-order valence-corrected chi connectivity index (χ3v) is 6.08. The lowest BCUT2D eigenvalue weighted by Crippen LogP contribution is -2.41. The number of nitrogens with zero attached hydrogens (tertiary/aromatic N) is 1. The largest absolute Gasteiger partial charge is 0.324 e. The fourth-order valence-corrected chi connectivity index (χ4v) is 4.50. The second-order valence-electron chi connectivity index (χ2n) is 7.57. The minimum Gasteiger partial charge on any atom is -0.324 e. The second-order valence-corrected chi connectivity index (χ2v) is 8.49. The molecule has 0 spiro atoms. The fourth-order valence-electron chi connectivity index (χ4n) is 4.13. The van der Waals surface area contributed by atoms with Gasteiger partial charge in [-0.3, -0.25) is 9.59 Å². The number of carbonyl (C=O) groups excluding carboxylic acids is 2. The summed E-state index contributed by atoms with van der Waals surface area (Å²) < 4.78 is 14.5. The van der Waals surface area contributed by atoms with Crippen LogP contribution >= 0.6 is 15.9 Å². The molecule has 0 saturated heterocycles. The van der Waals surface area contributed by atoms with Crippen LogP contribution in [0.25, 0.3) is 0 Å². The number of fused-ring (bicyclic) bond motifs is 1. The topological polar surface area (TPSA) is 49.4 Å². The highest BCUT2D eigenvalue weighted by Crippen LogP contribution is 2.39. The van der Waals surface area contributed by atoms with Crippen molar-refractivity contribution in [3.05, 3.63) is 99.8 Å². The molecule has 6 heteroatoms. The van der Waals surface area contributed by atoms with Crippen LogP contribution in [0.2, 0.25) is 0 Å². The summed E-state index contributed by atoms with van der Waals surface area (Å²) in [5.74, 6) is -1.13. The van der Waals surface area contributed by atoms with Gasteiger partial charge in [-0.15, -0.1) is 0 Å². The lowest BCUT2D eigenvalue weighted by molar-refractivity contribution is -0.137. The van der Waals surface area contributed by atoms with Crippen molar-refractivity contribution in [2.45, 2.75) is 25.3 Å². The third kappa shape index (κ3) is 4.39. The summed E-state index contributed by atoms with van der Waals surface area (Å²) in [5.41, 5.74) is 3.08. The van der Waals surface area contributed by atoms with Crippen molar-refractivity contribution in [1.29, 1.82) is 0 Å². The van der Waals surface area contributed by atoms with E-state index in [1.165, 1.54) is 12.1 Å². The van der Waals surface area contributed by atoms with Crippen LogP contribution < -0.4 is 5.32 Å². The van der Waals surface area contributed by atoms with E-state index in [4.69, 9.17) is 0 Å². The molecule has 0 aliphatic carbocycles. The number of hydrogen-bond donors (Lipinski definition) is 1. The third-order valence-electron chi connectivity index (χ3n) is 5.59. The quantitative estimate of drug-likeness (QED) is 0.524. The van der Waals surface area contributed by atoms with Crippen LogP contribution in [0.1, 0.15) is 42.0 Å². The molecular weight excluding hydrogens is 459 g/mol. The molecule has 1 aliphatic rings. The van der Waals surface area contributed by atoms with Crippen molar-refractivity contribution >= 4 is 33.4 Å². The molecule has 0 unspecified atom stereocenters. The summed E-state index contributed by atoms with van der Waals surface area (Å²) >= 11 is 3.50. The minimum absolute atomic E-state index is 0.0868. The molecule has 3 aromatic rings. The average Bonchev–Trinajstić information content (AvgIpc) is 2.91. The van der Waals surface area contributed by atoms with E-state index in [2.05, 4.69) is 21.2 Å². The van der Waals surface area contributed by atoms with Crippen molar-refractivity contribution in [2.75, 3.05) is 11.9 Å². The van der Waals surface area contributed by atoms with Crippen molar-refractivity contribution in [3.8, 4) is 0 Å². The molecule has 1 N–H and O–H groups in total. The molecule has 4 rings (SSSR count). The standard InChI is InChI=1S/C25H22BrFN2O2/c1-2-20(16-6-4-3-5-7-16)25(31)29-15-23(30)28-22-13-10-18(26)14-21(22)24(29)17-8-11-19(27)12-9-17/h3-14,20,24H,2,15H2,1H3,(H,28,30)/t20-,24+/m0/s1. The molecule has 0 saturated carbocycles. The summed E-state index contributed by atoms with van der Waals surface area (Å²) in [6.07, 6.45) is 0.600. The summed E-state index contributed by atoms with van der Waals surface area (Å²) in [7, 11) is 0. The first-order chi connectivity index (χ1) is 15.0. The zero-order valence-electron chi connectivity index (χ0n) is 17.0. The molecular formula is C25H22BrFN2O2. The Morgan fingerprint density at radius 3 is 2.52 bits per heavy atom. The molecule has 0 aromatic heterocycles. The van der Waals surface area contributed by atoms with E-state index in [0.29, 0.717) is 12.1 Å². The summed E-state index contributed by atoms with van der Waals surface area (Å²) in [6.45, 7) is 1.88. The Kier molecular flexibility index (Phi) is 6.18. The Balaban J connectivity index is 1.86. The predicted molar refractivity (Wildman–Crippen MR) is 122 cm³/mol. The smallest absolute Gasteiger partial charge is 0.244 e. The Labute approximate surface area is 189 Å². The van der Waals surface area contributed by atoms with Gasteiger partial charge >= 0.3 is 0 Å². The number of anilines is 1. The first kappa shape index (κ1) is 21.2. The molecule has 1 aliphatic heterocycles. The zero-order chi connectivity index (χ0) is 22.0. The normalized spacial score (nSPS) is 16.8. The molecule has 4 nitrogen and oxygen atoms in total. The van der Waals surface area contributed by atoms with Crippen LogP contribution in [0.3, 0.4) is 0 Å². The van der Waals surface area contributed by atoms with Gasteiger partial charge in [0.15, 0.2) is 0 Å². The summed E-state index contributed by atoms with van der Waals surface area (Å²) in [5, 5.41) is 2.91. The molecule has 31 heavy (non-hydrogen) atoms. The van der Waals surface area contributed by atoms with E-state index in [1.54, 1.807) is 17.0 Å². The monoisotopic (exact) mass is 480 g/mol. The number of amides is 2. The van der Waals surface area contributed by atoms with Crippen molar-refractivity contribution < 1.29 is 14.0 Å². The lowest BCUT2D eigenvalue weighted by Gasteiger charge is -2.33. The highest BCUT2D eigenvalue weighted by molar-refractivity contribution is 9.10. The Hall–Kier alpha value is -2.99. The highest BCUT2D eigenvalue weighted by atomic mass is 79.9. The van der Waals surface area contributed by atoms with Gasteiger partial charge in [0, 0.05) is 15.7 Å². The molecule has 158 valence electrons. The summed E-state index contributed by atoms with van der Waals surface area (Å²) in [4.78, 5) is 28.2. The van der Waals surface area contributed by atoms with Gasteiger partial charge in [-0.05, 0) is 47.9 Å². The number of nitrogens with one attached hydrogen (secondary N) is 1. The van der Waals surface area contributed by atoms with E-state index in [-0.39, 0.29) is 30.1 Å². The highest BCUT2D eigenvalue weighted by Gasteiger charge is 2.36. The maximum atomic E-state index is 13.8. The second kappa shape index (κ2) is 9.02. The molecule has 0 bridgehead atoms. The number of hydrogen-bond acceptors (Lipinski definition) is 2. The van der Waals surface area contributed by atoms with Crippen LogP contribution in [0.15, 0.2) is 77.3 Å². The van der Waals surface area contributed by atoms with Gasteiger partial charge in [0.25, 0.3) is 0 Å². The van der Waals surface area contributed by atoms with Gasteiger partial charge < -0.3 is 10.2 Å². The maximum absolute atomic E-state index is 13.8. The number of rotatable bonds is 4. The van der Waals surface area contributed by atoms with Crippen molar-refractivity contribution in [3.63, 3.8) is 0 Å². The van der Waals surface area contributed by atoms with Crippen LogP contribution in [-0.4, -0.2) is 23.3 Å². The van der Waals surface area contributed by atoms with E-state index in [0.717, 1.165) is 21.2 Å². The van der Waals surface area contributed by atoms with E-state index < -0.39 is 6.04 Å². The van der Waals surface area contributed by atoms with Gasteiger partial charge in [-0.2, -0.15) is 0 Å². The Bertz CT molecular complexity index is 1100. The number of carbonyl (C=O) groups is 2. The van der Waals surface area contributed by atoms with Gasteiger partial charge in [0.05, 0.1) is 12.0 Å². The fraction of sp³-hybridized carbons (Fsp3) is 0.200. The van der Waals surface area contributed by atoms with Crippen LogP contribution in [-0.2, 0) is 9.59 Å². The number of benzene rings is 3. The zero-order valence-corrected chi connectivity index (χ0v) is 18.6. The predicted octanol–water partition coefficient (Wildman–Crippen LogP) is 5.65. The molecule has 2 atom stereocenters. The maximum Gasteiger partial charge on any atom is 0.244 e. The first-order valence-corrected chi connectivity index (χ1v) is 11.0. The van der Waals surface area contributed by atoms with Gasteiger partial charge in [-0.25, -0.2) is 4.39 Å². The van der Waals surface area contributed by atoms with Gasteiger partial charge in [0.2, 0.25) is 11.8 Å². The SMILES string of the molecule is CC[C@H](C(=O)N1CC(=O)Nc2ccc(Br)cc2[C@H]1c1ccc(F)cc1)c1ccccc1. The molecule has 1 heterocycles.